The van der Waals surface area contributed by atoms with E-state index in [1.807, 2.05) is 43.3 Å². The van der Waals surface area contributed by atoms with Gasteiger partial charge in [0.15, 0.2) is 5.82 Å². The number of nitrogens with one attached hydrogen (secondary N) is 1. The standard InChI is InChI=1S/C24H28N4O2/c1-18-25-24(30-27-18)21-13-8-15-28(17-21)16-14-22(29)26-23(19-9-4-2-5-10-19)20-11-6-3-7-12-20/h2-7,9-12,21,23H,8,13-17H2,1H3,(H,26,29). The van der Waals surface area contributed by atoms with E-state index in [4.69, 9.17) is 4.52 Å². The van der Waals surface area contributed by atoms with Crippen molar-refractivity contribution in [2.24, 2.45) is 0 Å². The SMILES string of the molecule is Cc1noc(C2CCCN(CCC(=O)NC(c3ccccc3)c3ccccc3)C2)n1. The van der Waals surface area contributed by atoms with Crippen molar-refractivity contribution in [3.8, 4) is 0 Å². The summed E-state index contributed by atoms with van der Waals surface area (Å²) in [6.45, 7) is 4.42. The summed E-state index contributed by atoms with van der Waals surface area (Å²) in [6.07, 6.45) is 2.59. The summed E-state index contributed by atoms with van der Waals surface area (Å²) >= 11 is 0. The lowest BCUT2D eigenvalue weighted by atomic mass is 9.97. The Labute approximate surface area is 177 Å². The fraction of sp³-hybridized carbons (Fsp3) is 0.375. The zero-order valence-corrected chi connectivity index (χ0v) is 17.3. The third-order valence-corrected chi connectivity index (χ3v) is 5.62. The first kappa shape index (κ1) is 20.3. The Hall–Kier alpha value is -2.99. The largest absolute Gasteiger partial charge is 0.345 e. The number of aromatic nitrogens is 2. The molecule has 1 aliphatic heterocycles. The van der Waals surface area contributed by atoms with E-state index < -0.39 is 0 Å². The van der Waals surface area contributed by atoms with Crippen molar-refractivity contribution in [3.05, 3.63) is 83.5 Å². The fourth-order valence-corrected chi connectivity index (χ4v) is 4.08. The number of hydrogen-bond acceptors (Lipinski definition) is 5. The summed E-state index contributed by atoms with van der Waals surface area (Å²) in [7, 11) is 0. The maximum Gasteiger partial charge on any atom is 0.231 e. The Morgan fingerprint density at radius 2 is 1.80 bits per heavy atom. The summed E-state index contributed by atoms with van der Waals surface area (Å²) in [6, 6.07) is 20.1. The van der Waals surface area contributed by atoms with Crippen LogP contribution in [0.4, 0.5) is 0 Å². The summed E-state index contributed by atoms with van der Waals surface area (Å²) in [4.78, 5) is 19.5. The number of amides is 1. The molecule has 4 rings (SSSR count). The highest BCUT2D eigenvalue weighted by Crippen LogP contribution is 2.26. The number of hydrogen-bond donors (Lipinski definition) is 1. The first-order valence-corrected chi connectivity index (χ1v) is 10.6. The Morgan fingerprint density at radius 1 is 1.13 bits per heavy atom. The first-order valence-electron chi connectivity index (χ1n) is 10.6. The Balaban J connectivity index is 1.36. The highest BCUT2D eigenvalue weighted by atomic mass is 16.5. The molecule has 156 valence electrons. The van der Waals surface area contributed by atoms with Crippen molar-refractivity contribution < 1.29 is 9.32 Å². The van der Waals surface area contributed by atoms with Crippen molar-refractivity contribution in [1.82, 2.24) is 20.4 Å². The predicted molar refractivity (Wildman–Crippen MR) is 115 cm³/mol. The maximum atomic E-state index is 12.8. The highest BCUT2D eigenvalue weighted by molar-refractivity contribution is 5.77. The summed E-state index contributed by atoms with van der Waals surface area (Å²) in [5.41, 5.74) is 2.17. The van der Waals surface area contributed by atoms with Crippen LogP contribution in [-0.4, -0.2) is 40.6 Å². The molecule has 2 aromatic carbocycles. The van der Waals surface area contributed by atoms with Gasteiger partial charge < -0.3 is 14.7 Å². The highest BCUT2D eigenvalue weighted by Gasteiger charge is 2.26. The van der Waals surface area contributed by atoms with Gasteiger partial charge in [0.25, 0.3) is 0 Å². The van der Waals surface area contributed by atoms with E-state index in [1.165, 1.54) is 0 Å². The molecule has 1 N–H and O–H groups in total. The van der Waals surface area contributed by atoms with Crippen molar-refractivity contribution in [2.45, 2.75) is 38.1 Å². The van der Waals surface area contributed by atoms with Gasteiger partial charge in [-0.3, -0.25) is 4.79 Å². The molecule has 1 fully saturated rings. The van der Waals surface area contributed by atoms with Crippen molar-refractivity contribution in [1.29, 1.82) is 0 Å². The van der Waals surface area contributed by atoms with Crippen LogP contribution >= 0.6 is 0 Å². The van der Waals surface area contributed by atoms with Gasteiger partial charge in [-0.2, -0.15) is 4.98 Å². The van der Waals surface area contributed by atoms with Gasteiger partial charge >= 0.3 is 0 Å². The molecule has 0 bridgehead atoms. The second kappa shape index (κ2) is 9.67. The predicted octanol–water partition coefficient (Wildman–Crippen LogP) is 3.85. The van der Waals surface area contributed by atoms with E-state index >= 15 is 0 Å². The van der Waals surface area contributed by atoms with E-state index in [1.54, 1.807) is 0 Å². The van der Waals surface area contributed by atoms with E-state index in [9.17, 15) is 4.79 Å². The molecule has 1 unspecified atom stereocenters. The number of carbonyl (C=O) groups excluding carboxylic acids is 1. The van der Waals surface area contributed by atoms with Crippen LogP contribution in [0.3, 0.4) is 0 Å². The van der Waals surface area contributed by atoms with E-state index in [0.717, 1.165) is 49.5 Å². The van der Waals surface area contributed by atoms with Crippen molar-refractivity contribution in [3.63, 3.8) is 0 Å². The lowest BCUT2D eigenvalue weighted by Gasteiger charge is -2.31. The molecule has 1 saturated heterocycles. The zero-order valence-electron chi connectivity index (χ0n) is 17.3. The monoisotopic (exact) mass is 404 g/mol. The maximum absolute atomic E-state index is 12.8. The molecule has 1 aliphatic rings. The van der Waals surface area contributed by atoms with Gasteiger partial charge in [-0.25, -0.2) is 0 Å². The van der Waals surface area contributed by atoms with Crippen LogP contribution in [0.5, 0.6) is 0 Å². The summed E-state index contributed by atoms with van der Waals surface area (Å²) in [5, 5.41) is 7.14. The van der Waals surface area contributed by atoms with Crippen molar-refractivity contribution in [2.75, 3.05) is 19.6 Å². The second-order valence-electron chi connectivity index (χ2n) is 7.89. The lowest BCUT2D eigenvalue weighted by Crippen LogP contribution is -2.38. The molecule has 1 aromatic heterocycles. The molecule has 6 nitrogen and oxygen atoms in total. The van der Waals surface area contributed by atoms with Crippen LogP contribution in [0.2, 0.25) is 0 Å². The Morgan fingerprint density at radius 3 is 2.40 bits per heavy atom. The van der Waals surface area contributed by atoms with Gasteiger partial charge in [0.2, 0.25) is 11.8 Å². The summed E-state index contributed by atoms with van der Waals surface area (Å²) in [5.74, 6) is 1.71. The third kappa shape index (κ3) is 5.13. The van der Waals surface area contributed by atoms with E-state index in [-0.39, 0.29) is 17.9 Å². The number of piperidine rings is 1. The molecule has 3 aromatic rings. The molecule has 1 atom stereocenters. The molecule has 0 spiro atoms. The average Bonchev–Trinajstić information content (AvgIpc) is 3.24. The molecule has 0 radical (unpaired) electrons. The zero-order chi connectivity index (χ0) is 20.8. The molecule has 0 saturated carbocycles. The van der Waals surface area contributed by atoms with Crippen LogP contribution in [0.15, 0.2) is 65.2 Å². The van der Waals surface area contributed by atoms with Crippen molar-refractivity contribution >= 4 is 5.91 Å². The molecule has 1 amide bonds. The number of carbonyl (C=O) groups is 1. The second-order valence-corrected chi connectivity index (χ2v) is 7.89. The summed E-state index contributed by atoms with van der Waals surface area (Å²) < 4.78 is 5.36. The minimum absolute atomic E-state index is 0.0588. The first-order chi connectivity index (χ1) is 14.7. The minimum Gasteiger partial charge on any atom is -0.345 e. The van der Waals surface area contributed by atoms with E-state index in [2.05, 4.69) is 44.6 Å². The molecule has 30 heavy (non-hydrogen) atoms. The van der Waals surface area contributed by atoms with Crippen LogP contribution in [0.1, 0.15) is 54.1 Å². The van der Waals surface area contributed by atoms with Gasteiger partial charge in [0.05, 0.1) is 12.0 Å². The van der Waals surface area contributed by atoms with Crippen LogP contribution in [0, 0.1) is 6.92 Å². The van der Waals surface area contributed by atoms with Gasteiger partial charge in [-0.05, 0) is 37.4 Å². The average molecular weight is 405 g/mol. The number of rotatable bonds is 7. The normalized spacial score (nSPS) is 17.2. The number of likely N-dealkylation sites (tertiary alicyclic amines) is 1. The minimum atomic E-state index is -0.143. The van der Waals surface area contributed by atoms with Gasteiger partial charge in [0, 0.05) is 19.5 Å². The van der Waals surface area contributed by atoms with Gasteiger partial charge in [0.1, 0.15) is 0 Å². The number of benzene rings is 2. The van der Waals surface area contributed by atoms with Gasteiger partial charge in [-0.15, -0.1) is 0 Å². The molecule has 0 aliphatic carbocycles. The lowest BCUT2D eigenvalue weighted by molar-refractivity contribution is -0.122. The topological polar surface area (TPSA) is 71.3 Å². The van der Waals surface area contributed by atoms with Crippen LogP contribution in [0.25, 0.3) is 0 Å². The quantitative estimate of drug-likeness (QED) is 0.648. The van der Waals surface area contributed by atoms with Gasteiger partial charge in [-0.1, -0.05) is 65.8 Å². The third-order valence-electron chi connectivity index (χ3n) is 5.62. The smallest absolute Gasteiger partial charge is 0.231 e. The van der Waals surface area contributed by atoms with Crippen LogP contribution in [-0.2, 0) is 4.79 Å². The van der Waals surface area contributed by atoms with E-state index in [0.29, 0.717) is 12.2 Å². The van der Waals surface area contributed by atoms with Crippen LogP contribution < -0.4 is 5.32 Å². The number of aryl methyl sites for hydroxylation is 1. The molecule has 6 heteroatoms. The Kier molecular flexibility index (Phi) is 6.54. The Bertz CT molecular complexity index is 903. The molecule has 2 heterocycles. The molecular weight excluding hydrogens is 376 g/mol. The number of nitrogens with zero attached hydrogens (tertiary/aromatic N) is 3. The fourth-order valence-electron chi connectivity index (χ4n) is 4.08. The molecular formula is C24H28N4O2.